The Kier molecular flexibility index (Phi) is 8.37. The van der Waals surface area contributed by atoms with E-state index < -0.39 is 5.76 Å². The predicted molar refractivity (Wildman–Crippen MR) is 80.3 cm³/mol. The number of nitrogens with zero attached hydrogens (tertiary/aromatic N) is 1. The lowest BCUT2D eigenvalue weighted by Gasteiger charge is -2.18. The van der Waals surface area contributed by atoms with E-state index in [4.69, 9.17) is 4.42 Å². The summed E-state index contributed by atoms with van der Waals surface area (Å²) in [6.07, 6.45) is 0.441. The van der Waals surface area contributed by atoms with Crippen LogP contribution in [0.4, 0.5) is 8.78 Å². The van der Waals surface area contributed by atoms with Gasteiger partial charge in [0, 0.05) is 26.1 Å². The highest BCUT2D eigenvalue weighted by molar-refractivity contribution is 7.98. The molecule has 0 fully saturated rings. The summed E-state index contributed by atoms with van der Waals surface area (Å²) in [7, 11) is 0. The molecule has 0 radical (unpaired) electrons. The van der Waals surface area contributed by atoms with Crippen LogP contribution in [0.15, 0.2) is 16.5 Å². The van der Waals surface area contributed by atoms with Gasteiger partial charge in [-0.25, -0.2) is 0 Å². The zero-order chi connectivity index (χ0) is 15.7. The lowest BCUT2D eigenvalue weighted by molar-refractivity contribution is -0.130. The van der Waals surface area contributed by atoms with E-state index in [2.05, 4.69) is 5.32 Å². The van der Waals surface area contributed by atoms with Crippen LogP contribution in [0.1, 0.15) is 31.8 Å². The molecular weight excluding hydrogens is 298 g/mol. The largest absolute Gasteiger partial charge is 0.464 e. The number of furan rings is 1. The Balaban J connectivity index is 2.22. The van der Waals surface area contributed by atoms with Crippen molar-refractivity contribution >= 4 is 17.7 Å². The molecule has 0 aromatic carbocycles. The minimum Gasteiger partial charge on any atom is -0.464 e. The number of rotatable bonds is 10. The molecule has 0 aliphatic heterocycles. The van der Waals surface area contributed by atoms with Crippen LogP contribution >= 0.6 is 11.8 Å². The summed E-state index contributed by atoms with van der Waals surface area (Å²) in [5, 5.41) is 3.12. The minimum absolute atomic E-state index is 0.126. The maximum absolute atomic E-state index is 12.0. The van der Waals surface area contributed by atoms with Gasteiger partial charge in [0.25, 0.3) is 5.76 Å². The molecule has 1 aromatic rings. The van der Waals surface area contributed by atoms with Crippen molar-refractivity contribution in [1.82, 2.24) is 10.2 Å². The molecule has 4 nitrogen and oxygen atoms in total. The first-order valence-corrected chi connectivity index (χ1v) is 8.07. The summed E-state index contributed by atoms with van der Waals surface area (Å²) in [6.45, 7) is 6.41. The maximum Gasteiger partial charge on any atom is 0.284 e. The molecule has 0 aliphatic carbocycles. The van der Waals surface area contributed by atoms with Gasteiger partial charge in [-0.3, -0.25) is 4.79 Å². The lowest BCUT2D eigenvalue weighted by atomic mass is 10.3. The van der Waals surface area contributed by atoms with Crippen LogP contribution in [0.25, 0.3) is 0 Å². The van der Waals surface area contributed by atoms with Crippen LogP contribution in [-0.4, -0.2) is 36.2 Å². The number of carbonyl (C=O) groups is 1. The molecule has 1 aromatic heterocycles. The summed E-state index contributed by atoms with van der Waals surface area (Å²) in [5.74, 6) is -0.867. The number of halogens is 2. The average Bonchev–Trinajstić information content (AvgIpc) is 2.90. The molecular formula is C14H22F2N2O2S. The van der Waals surface area contributed by atoms with Crippen molar-refractivity contribution in [2.24, 2.45) is 0 Å². The number of alkyl halides is 2. The fraction of sp³-hybridized carbons (Fsp3) is 0.643. The molecule has 1 N–H and O–H groups in total. The van der Waals surface area contributed by atoms with E-state index in [1.807, 2.05) is 13.8 Å². The molecule has 0 atom stereocenters. The summed E-state index contributed by atoms with van der Waals surface area (Å²) in [4.78, 5) is 13.5. The van der Waals surface area contributed by atoms with Gasteiger partial charge in [0.2, 0.25) is 5.91 Å². The molecule has 1 amide bonds. The molecule has 0 saturated heterocycles. The topological polar surface area (TPSA) is 45.5 Å². The third kappa shape index (κ3) is 6.95. The number of hydrogen-bond donors (Lipinski definition) is 1. The van der Waals surface area contributed by atoms with Crippen molar-refractivity contribution in [3.8, 4) is 0 Å². The Bertz CT molecular complexity index is 423. The van der Waals surface area contributed by atoms with E-state index in [0.717, 1.165) is 13.1 Å². The van der Waals surface area contributed by atoms with E-state index in [1.165, 1.54) is 0 Å². The predicted octanol–water partition coefficient (Wildman–Crippen LogP) is 3.08. The van der Waals surface area contributed by atoms with Crippen molar-refractivity contribution in [1.29, 1.82) is 0 Å². The van der Waals surface area contributed by atoms with Crippen molar-refractivity contribution in [2.45, 2.75) is 38.3 Å². The van der Waals surface area contributed by atoms with E-state index in [1.54, 1.807) is 17.0 Å². The Morgan fingerprint density at radius 1 is 1.33 bits per heavy atom. The minimum atomic E-state index is -2.39. The van der Waals surface area contributed by atoms with Crippen LogP contribution in [-0.2, 0) is 17.1 Å². The van der Waals surface area contributed by atoms with Gasteiger partial charge in [0.05, 0.1) is 12.3 Å². The second-order valence-electron chi connectivity index (χ2n) is 4.43. The number of carbonyl (C=O) groups excluding carboxylic acids is 1. The number of thioether (sulfide) groups is 1. The smallest absolute Gasteiger partial charge is 0.284 e. The standard InChI is InChI=1S/C14H22F2N2O2S/c1-3-18(4-2)13(19)7-8-17-9-11-5-6-12(20-11)10-21-14(15)16/h5-6,14,17H,3-4,7-10H2,1-2H3. The van der Waals surface area contributed by atoms with E-state index in [-0.39, 0.29) is 11.7 Å². The SMILES string of the molecule is CCN(CC)C(=O)CCNCc1ccc(CSC(F)F)o1. The Morgan fingerprint density at radius 2 is 2.00 bits per heavy atom. The van der Waals surface area contributed by atoms with Gasteiger partial charge in [-0.05, 0) is 26.0 Å². The highest BCUT2D eigenvalue weighted by Crippen LogP contribution is 2.21. The lowest BCUT2D eigenvalue weighted by Crippen LogP contribution is -2.32. The van der Waals surface area contributed by atoms with Gasteiger partial charge in [-0.15, -0.1) is 0 Å². The fourth-order valence-electron chi connectivity index (χ4n) is 1.88. The number of hydrogen-bond acceptors (Lipinski definition) is 4. The zero-order valence-electron chi connectivity index (χ0n) is 12.4. The van der Waals surface area contributed by atoms with Gasteiger partial charge < -0.3 is 14.6 Å². The van der Waals surface area contributed by atoms with Gasteiger partial charge in [0.15, 0.2) is 0 Å². The monoisotopic (exact) mass is 320 g/mol. The first-order valence-electron chi connectivity index (χ1n) is 7.02. The van der Waals surface area contributed by atoms with Gasteiger partial charge >= 0.3 is 0 Å². The van der Waals surface area contributed by atoms with Crippen molar-refractivity contribution in [3.63, 3.8) is 0 Å². The summed E-state index contributed by atoms with van der Waals surface area (Å²) >= 11 is 0.540. The molecule has 7 heteroatoms. The second-order valence-corrected chi connectivity index (χ2v) is 5.41. The van der Waals surface area contributed by atoms with Crippen molar-refractivity contribution < 1.29 is 18.0 Å². The Hall–Kier alpha value is -1.08. The number of amides is 1. The maximum atomic E-state index is 12.0. The highest BCUT2D eigenvalue weighted by atomic mass is 32.2. The summed E-state index contributed by atoms with van der Waals surface area (Å²) in [5.41, 5.74) is 0. The van der Waals surface area contributed by atoms with E-state index >= 15 is 0 Å². The van der Waals surface area contributed by atoms with E-state index in [9.17, 15) is 13.6 Å². The van der Waals surface area contributed by atoms with Crippen molar-refractivity contribution in [2.75, 3.05) is 19.6 Å². The van der Waals surface area contributed by atoms with Gasteiger partial charge in [-0.2, -0.15) is 8.78 Å². The molecule has 1 heterocycles. The highest BCUT2D eigenvalue weighted by Gasteiger charge is 2.09. The van der Waals surface area contributed by atoms with Crippen LogP contribution in [0, 0.1) is 0 Å². The molecule has 0 bridgehead atoms. The molecule has 0 saturated carbocycles. The number of nitrogens with one attached hydrogen (secondary N) is 1. The average molecular weight is 320 g/mol. The third-order valence-electron chi connectivity index (χ3n) is 3.00. The van der Waals surface area contributed by atoms with Crippen LogP contribution < -0.4 is 5.32 Å². The first-order chi connectivity index (χ1) is 10.1. The van der Waals surface area contributed by atoms with Crippen LogP contribution in [0.5, 0.6) is 0 Å². The van der Waals surface area contributed by atoms with Gasteiger partial charge in [-0.1, -0.05) is 11.8 Å². The molecule has 0 aliphatic rings. The molecule has 120 valence electrons. The Morgan fingerprint density at radius 3 is 2.62 bits per heavy atom. The van der Waals surface area contributed by atoms with Crippen LogP contribution in [0.2, 0.25) is 0 Å². The van der Waals surface area contributed by atoms with E-state index in [0.29, 0.717) is 42.8 Å². The second kappa shape index (κ2) is 9.78. The summed E-state index contributed by atoms with van der Waals surface area (Å²) in [6, 6.07) is 3.47. The zero-order valence-corrected chi connectivity index (χ0v) is 13.2. The first kappa shape index (κ1) is 18.0. The van der Waals surface area contributed by atoms with Gasteiger partial charge in [0.1, 0.15) is 11.5 Å². The molecule has 0 spiro atoms. The summed E-state index contributed by atoms with van der Waals surface area (Å²) < 4.78 is 29.5. The quantitative estimate of drug-likeness (QED) is 0.673. The molecule has 21 heavy (non-hydrogen) atoms. The normalized spacial score (nSPS) is 11.1. The third-order valence-corrected chi connectivity index (χ3v) is 3.70. The Labute approximate surface area is 128 Å². The van der Waals surface area contributed by atoms with Crippen LogP contribution in [0.3, 0.4) is 0 Å². The molecule has 0 unspecified atom stereocenters. The molecule has 1 rings (SSSR count). The fourth-order valence-corrected chi connectivity index (χ4v) is 2.33. The van der Waals surface area contributed by atoms with Crippen molar-refractivity contribution in [3.05, 3.63) is 23.7 Å².